The third kappa shape index (κ3) is 13.0. The van der Waals surface area contributed by atoms with E-state index in [4.69, 9.17) is 37.9 Å². The molecule has 424 valence electrons. The van der Waals surface area contributed by atoms with Crippen LogP contribution in [0.15, 0.2) is 170 Å². The Balaban J connectivity index is 1.63. The fourth-order valence-corrected chi connectivity index (χ4v) is 10.8. The highest BCUT2D eigenvalue weighted by atomic mass is 16.6. The third-order valence-electron chi connectivity index (χ3n) is 13.6. The van der Waals surface area contributed by atoms with Crippen LogP contribution in [0.4, 0.5) is 0 Å². The van der Waals surface area contributed by atoms with Gasteiger partial charge in [-0.2, -0.15) is 0 Å². The summed E-state index contributed by atoms with van der Waals surface area (Å²) in [5.74, 6) is -11.4. The number of hydrogen-bond acceptors (Lipinski definition) is 16. The Morgan fingerprint density at radius 2 is 0.345 bits per heavy atom. The molecule has 84 heavy (non-hydrogen) atoms. The number of hydrogen-bond donors (Lipinski definition) is 0. The predicted molar refractivity (Wildman–Crippen MR) is 306 cm³/mol. The highest BCUT2D eigenvalue weighted by molar-refractivity contribution is 5.80. The summed E-state index contributed by atoms with van der Waals surface area (Å²) in [5, 5.41) is 0. The van der Waals surface area contributed by atoms with Gasteiger partial charge in [-0.25, -0.2) is 0 Å². The molecule has 0 saturated heterocycles. The second-order valence-corrected chi connectivity index (χ2v) is 19.8. The van der Waals surface area contributed by atoms with Crippen LogP contribution in [-0.4, -0.2) is 47.8 Å². The lowest BCUT2D eigenvalue weighted by Gasteiger charge is -2.32. The van der Waals surface area contributed by atoms with Crippen LogP contribution in [0.25, 0.3) is 0 Å². The van der Waals surface area contributed by atoms with Gasteiger partial charge in [0.15, 0.2) is 0 Å². The van der Waals surface area contributed by atoms with Gasteiger partial charge in [0.25, 0.3) is 0 Å². The fraction of sp³-hybridized carbons (Fsp3) is 0.176. The summed E-state index contributed by atoms with van der Waals surface area (Å²) in [6, 6.07) is 48.3. The molecule has 0 saturated carbocycles. The largest absolute Gasteiger partial charge is 0.426 e. The molecule has 0 N–H and O–H groups in total. The lowest BCUT2D eigenvalue weighted by Crippen LogP contribution is -2.19. The maximum atomic E-state index is 13.5. The minimum atomic E-state index is -1.13. The second-order valence-electron chi connectivity index (χ2n) is 19.8. The Morgan fingerprint density at radius 3 is 0.464 bits per heavy atom. The normalized spacial score (nSPS) is 15.0. The van der Waals surface area contributed by atoms with Crippen LogP contribution >= 0.6 is 0 Å². The second kappa shape index (κ2) is 25.1. The molecule has 0 aliphatic heterocycles. The lowest BCUT2D eigenvalue weighted by molar-refractivity contribution is -0.133. The molecule has 8 bridgehead atoms. The highest BCUT2D eigenvalue weighted by Crippen LogP contribution is 2.55. The molecule has 0 fully saturated rings. The van der Waals surface area contributed by atoms with Crippen molar-refractivity contribution >= 4 is 47.8 Å². The van der Waals surface area contributed by atoms with Crippen LogP contribution in [0.2, 0.25) is 0 Å². The van der Waals surface area contributed by atoms with Crippen LogP contribution in [0, 0.1) is 0 Å². The van der Waals surface area contributed by atoms with Crippen molar-refractivity contribution in [3.63, 3.8) is 0 Å². The number of rotatable bonds is 12. The van der Waals surface area contributed by atoms with Gasteiger partial charge in [0.05, 0.1) is 0 Å². The van der Waals surface area contributed by atoms with Crippen LogP contribution in [0.5, 0.6) is 46.0 Å². The van der Waals surface area contributed by atoms with Crippen molar-refractivity contribution in [1.82, 2.24) is 0 Å². The van der Waals surface area contributed by atoms with Crippen molar-refractivity contribution in [3.8, 4) is 46.0 Å². The Hall–Kier alpha value is -10.5. The van der Waals surface area contributed by atoms with E-state index in [9.17, 15) is 38.4 Å². The van der Waals surface area contributed by atoms with Gasteiger partial charge < -0.3 is 37.9 Å². The number of ether oxygens (including phenoxy) is 8. The molecule has 1 aliphatic carbocycles. The zero-order valence-electron chi connectivity index (χ0n) is 47.0. The fourth-order valence-electron chi connectivity index (χ4n) is 10.8. The Morgan fingerprint density at radius 1 is 0.214 bits per heavy atom. The molecular weight excluding hydrogens is 1070 g/mol. The molecule has 0 radical (unpaired) electrons. The van der Waals surface area contributed by atoms with Crippen molar-refractivity contribution in [3.05, 3.63) is 237 Å². The van der Waals surface area contributed by atoms with Gasteiger partial charge >= 0.3 is 47.8 Å². The van der Waals surface area contributed by atoms with E-state index in [1.165, 1.54) is 79.7 Å². The Labute approximate surface area is 483 Å². The average molecular weight is 1130 g/mol. The van der Waals surface area contributed by atoms with E-state index in [-0.39, 0.29) is 90.5 Å². The molecule has 0 unspecified atom stereocenters. The predicted octanol–water partition coefficient (Wildman–Crippen LogP) is 12.1. The summed E-state index contributed by atoms with van der Waals surface area (Å²) in [6.45, 7) is 9.63. The minimum Gasteiger partial charge on any atom is -0.426 e. The van der Waals surface area contributed by atoms with E-state index in [0.29, 0.717) is 22.3 Å². The van der Waals surface area contributed by atoms with Gasteiger partial charge in [-0.15, -0.1) is 0 Å². The van der Waals surface area contributed by atoms with Crippen LogP contribution in [-0.2, 0) is 38.4 Å². The molecule has 9 rings (SSSR count). The SMILES string of the molecule is CC(=O)Oc1cc(OC(C)=O)c2cc1C(c1ccccc1)c1cc(c(OC(C)=O)cc1OC(C)=O)C(c1ccccc1)c1cc(c(OC(C)=O)cc1OC(C)=O)C(c1ccccc1)c1cc(c(OC(C)=O)cc1OC(C)=O)C2c1ccccc1. The van der Waals surface area contributed by atoms with Crippen LogP contribution in [0.1, 0.15) is 146 Å². The van der Waals surface area contributed by atoms with Gasteiger partial charge in [-0.05, 0) is 46.5 Å². The Bertz CT molecular complexity index is 3230. The molecular formula is C68H56O16. The molecule has 16 nitrogen and oxygen atoms in total. The van der Waals surface area contributed by atoms with Gasteiger partial charge in [-0.3, -0.25) is 38.4 Å². The number of carbonyl (C=O) groups excluding carboxylic acids is 8. The van der Waals surface area contributed by atoms with Gasteiger partial charge in [-0.1, -0.05) is 121 Å². The van der Waals surface area contributed by atoms with Gasteiger partial charge in [0.1, 0.15) is 46.0 Å². The van der Waals surface area contributed by atoms with Crippen LogP contribution < -0.4 is 37.9 Å². The quantitative estimate of drug-likeness (QED) is 0.0822. The summed E-state index contributed by atoms with van der Waals surface area (Å²) >= 11 is 0. The van der Waals surface area contributed by atoms with E-state index in [2.05, 4.69) is 0 Å². The molecule has 0 heterocycles. The van der Waals surface area contributed by atoms with Crippen molar-refractivity contribution in [2.75, 3.05) is 0 Å². The third-order valence-corrected chi connectivity index (χ3v) is 13.6. The first-order valence-corrected chi connectivity index (χ1v) is 26.6. The summed E-state index contributed by atoms with van der Waals surface area (Å²) in [4.78, 5) is 108. The number of esters is 8. The van der Waals surface area contributed by atoms with E-state index in [1.54, 1.807) is 97.1 Å². The molecule has 0 aromatic heterocycles. The smallest absolute Gasteiger partial charge is 0.308 e. The molecule has 0 amide bonds. The summed E-state index contributed by atoms with van der Waals surface area (Å²) in [7, 11) is 0. The molecule has 0 spiro atoms. The van der Waals surface area contributed by atoms with Crippen molar-refractivity contribution in [1.29, 1.82) is 0 Å². The number of benzene rings is 8. The average Bonchev–Trinajstić information content (AvgIpc) is 1.20. The molecule has 1 aliphatic rings. The first-order valence-electron chi connectivity index (χ1n) is 26.6. The summed E-state index contributed by atoms with van der Waals surface area (Å²) in [6.07, 6.45) is 0. The van der Waals surface area contributed by atoms with E-state index in [0.717, 1.165) is 0 Å². The van der Waals surface area contributed by atoms with Crippen molar-refractivity contribution in [2.45, 2.75) is 79.1 Å². The summed E-state index contributed by atoms with van der Waals surface area (Å²) < 4.78 is 49.2. The van der Waals surface area contributed by atoms with Crippen molar-refractivity contribution in [2.24, 2.45) is 0 Å². The highest BCUT2D eigenvalue weighted by Gasteiger charge is 2.38. The van der Waals surface area contributed by atoms with E-state index in [1.807, 2.05) is 48.5 Å². The molecule has 0 atom stereocenters. The van der Waals surface area contributed by atoms with E-state index < -0.39 is 71.4 Å². The molecule has 8 aromatic rings. The van der Waals surface area contributed by atoms with E-state index >= 15 is 0 Å². The van der Waals surface area contributed by atoms with Gasteiger partial charge in [0.2, 0.25) is 0 Å². The lowest BCUT2D eigenvalue weighted by atomic mass is 9.75. The first-order chi connectivity index (χ1) is 40.2. The number of carbonyl (C=O) groups is 8. The topological polar surface area (TPSA) is 210 Å². The van der Waals surface area contributed by atoms with Gasteiger partial charge in [0, 0.05) is 148 Å². The van der Waals surface area contributed by atoms with Crippen LogP contribution in [0.3, 0.4) is 0 Å². The zero-order valence-corrected chi connectivity index (χ0v) is 47.0. The maximum Gasteiger partial charge on any atom is 0.308 e. The number of fused-ring (bicyclic) bond motifs is 8. The first kappa shape index (κ1) is 58.2. The standard InChI is InChI=1S/C68H56O16/c1-37(69)77-57-33-58(78-38(2)70)50-29-49(57)65(45-21-13-9-14-22-45)51-30-52(60(80-40(4)72)34-59(51)79-39(3)71)67(47-25-17-11-18-26-47)55-32-56(64(84-44(8)76)36-63(55)83-43(7)75)68(48-27-19-12-20-28-48)54-31-53(66(50)46-23-15-10-16-24-46)61(81-41(5)73)35-62(54)82-42(6)74/h9-36,65-68H,1-8H3. The maximum absolute atomic E-state index is 13.5. The Kier molecular flexibility index (Phi) is 17.4. The molecule has 8 aromatic carbocycles. The van der Waals surface area contributed by atoms with Crippen molar-refractivity contribution < 1.29 is 76.3 Å². The molecule has 16 heteroatoms. The summed E-state index contributed by atoms with van der Waals surface area (Å²) in [5.41, 5.74) is 4.11. The minimum absolute atomic E-state index is 0.0960. The zero-order chi connectivity index (χ0) is 59.9. The monoisotopic (exact) mass is 1130 g/mol.